The van der Waals surface area contributed by atoms with Gasteiger partial charge in [-0.3, -0.25) is 0 Å². The minimum absolute atomic E-state index is 0.370. The van der Waals surface area contributed by atoms with E-state index in [2.05, 4.69) is 6.58 Å². The van der Waals surface area contributed by atoms with Crippen LogP contribution in [0, 0.1) is 0 Å². The van der Waals surface area contributed by atoms with Gasteiger partial charge in [0.2, 0.25) is 0 Å². The fourth-order valence-electron chi connectivity index (χ4n) is 1.04. The molecule has 1 rings (SSSR count). The zero-order valence-corrected chi connectivity index (χ0v) is 8.75. The van der Waals surface area contributed by atoms with Crippen LogP contribution in [0.2, 0.25) is 0 Å². The molecule has 3 nitrogen and oxygen atoms in total. The zero-order valence-electron chi connectivity index (χ0n) is 7.93. The van der Waals surface area contributed by atoms with Crippen molar-refractivity contribution in [3.63, 3.8) is 0 Å². The van der Waals surface area contributed by atoms with Crippen molar-refractivity contribution in [3.8, 4) is 5.75 Å². The molecule has 1 aromatic rings. The van der Waals surface area contributed by atoms with Crippen LogP contribution in [-0.2, 0) is 16.5 Å². The molecule has 0 fully saturated rings. The van der Waals surface area contributed by atoms with Gasteiger partial charge in [-0.15, -0.1) is 0 Å². The van der Waals surface area contributed by atoms with Crippen molar-refractivity contribution in [2.45, 2.75) is 13.3 Å². The van der Waals surface area contributed by atoms with Crippen LogP contribution in [0.5, 0.6) is 5.75 Å². The second-order valence-corrected chi connectivity index (χ2v) is 4.19. The van der Waals surface area contributed by atoms with Crippen molar-refractivity contribution in [1.82, 2.24) is 0 Å². The molecule has 76 valence electrons. The van der Waals surface area contributed by atoms with Crippen LogP contribution in [0.25, 0.3) is 0 Å². The highest BCUT2D eigenvalue weighted by Gasteiger charge is 2.09. The summed E-state index contributed by atoms with van der Waals surface area (Å²) in [5.74, 6) is 0.370. The molecule has 0 radical (unpaired) electrons. The number of para-hydroxylation sites is 1. The van der Waals surface area contributed by atoms with Crippen molar-refractivity contribution < 1.29 is 12.6 Å². The summed E-state index contributed by atoms with van der Waals surface area (Å²) in [6, 6.07) is 7.02. The third-order valence-electron chi connectivity index (χ3n) is 1.76. The number of hydrogen-bond donors (Lipinski definition) is 0. The Balaban J connectivity index is 3.03. The average molecular weight is 212 g/mol. The Kier molecular flexibility index (Phi) is 3.30. The van der Waals surface area contributed by atoms with Gasteiger partial charge in [-0.1, -0.05) is 31.7 Å². The molecule has 0 amide bonds. The molecule has 0 atom stereocenters. The van der Waals surface area contributed by atoms with Gasteiger partial charge in [0.1, 0.15) is 5.75 Å². The highest BCUT2D eigenvalue weighted by molar-refractivity contribution is 7.90. The summed E-state index contributed by atoms with van der Waals surface area (Å²) in [7, 11) is -3.64. The zero-order chi connectivity index (χ0) is 10.6. The molecule has 0 bridgehead atoms. The minimum atomic E-state index is -3.64. The average Bonchev–Trinajstić information content (AvgIpc) is 2.18. The van der Waals surface area contributed by atoms with Gasteiger partial charge < -0.3 is 4.18 Å². The molecule has 0 aromatic heterocycles. The lowest BCUT2D eigenvalue weighted by atomic mass is 10.1. The Hall–Kier alpha value is -1.29. The molecule has 0 unspecified atom stereocenters. The molecule has 0 aliphatic heterocycles. The Morgan fingerprint density at radius 1 is 1.43 bits per heavy atom. The first kappa shape index (κ1) is 10.8. The molecule has 0 aliphatic carbocycles. The summed E-state index contributed by atoms with van der Waals surface area (Å²) >= 11 is 0. The first-order valence-electron chi connectivity index (χ1n) is 4.24. The Bertz CT molecular complexity index is 421. The van der Waals surface area contributed by atoms with Crippen LogP contribution in [-0.4, -0.2) is 8.42 Å². The predicted molar refractivity (Wildman–Crippen MR) is 55.6 cm³/mol. The monoisotopic (exact) mass is 212 g/mol. The predicted octanol–water partition coefficient (Wildman–Crippen LogP) is 2.10. The lowest BCUT2D eigenvalue weighted by Gasteiger charge is -2.07. The number of hydrogen-bond acceptors (Lipinski definition) is 3. The molecule has 4 heteroatoms. The third-order valence-corrected chi connectivity index (χ3v) is 2.58. The van der Waals surface area contributed by atoms with Crippen molar-refractivity contribution in [3.05, 3.63) is 41.8 Å². The summed E-state index contributed by atoms with van der Waals surface area (Å²) in [4.78, 5) is 0. The van der Waals surface area contributed by atoms with Crippen LogP contribution >= 0.6 is 0 Å². The molecule has 0 saturated heterocycles. The maximum absolute atomic E-state index is 11.1. The standard InChI is InChI=1S/C10H12O3S/c1-3-9-7-5-6-8-10(9)13-14(11,12)4-2/h4-8H,2-3H2,1H3. The molecular weight excluding hydrogens is 200 g/mol. The van der Waals surface area contributed by atoms with Crippen molar-refractivity contribution >= 4 is 10.1 Å². The molecular formula is C10H12O3S. The van der Waals surface area contributed by atoms with E-state index >= 15 is 0 Å². The first-order valence-corrected chi connectivity index (χ1v) is 5.71. The lowest BCUT2D eigenvalue weighted by Crippen LogP contribution is -2.06. The number of rotatable bonds is 4. The first-order chi connectivity index (χ1) is 6.59. The van der Waals surface area contributed by atoms with E-state index in [1.54, 1.807) is 12.1 Å². The van der Waals surface area contributed by atoms with Crippen molar-refractivity contribution in [2.75, 3.05) is 0 Å². The normalized spacial score (nSPS) is 10.9. The maximum Gasteiger partial charge on any atom is 0.331 e. The van der Waals surface area contributed by atoms with E-state index in [-0.39, 0.29) is 0 Å². The van der Waals surface area contributed by atoms with Crippen LogP contribution in [0.1, 0.15) is 12.5 Å². The van der Waals surface area contributed by atoms with Crippen LogP contribution in [0.3, 0.4) is 0 Å². The largest absolute Gasteiger partial charge is 0.379 e. The summed E-state index contributed by atoms with van der Waals surface area (Å²) in [5, 5.41) is 0.791. The second kappa shape index (κ2) is 4.28. The summed E-state index contributed by atoms with van der Waals surface area (Å²) in [6.45, 7) is 5.10. The number of benzene rings is 1. The van der Waals surface area contributed by atoms with Gasteiger partial charge in [0.05, 0.1) is 5.41 Å². The van der Waals surface area contributed by atoms with E-state index in [1.165, 1.54) is 0 Å². The van der Waals surface area contributed by atoms with E-state index in [4.69, 9.17) is 4.18 Å². The van der Waals surface area contributed by atoms with E-state index in [0.29, 0.717) is 5.75 Å². The number of aryl methyl sites for hydroxylation is 1. The molecule has 0 spiro atoms. The van der Waals surface area contributed by atoms with Gasteiger partial charge in [0.25, 0.3) is 0 Å². The molecule has 0 aliphatic rings. The van der Waals surface area contributed by atoms with Crippen LogP contribution < -0.4 is 4.18 Å². The van der Waals surface area contributed by atoms with Crippen LogP contribution in [0.4, 0.5) is 0 Å². The highest BCUT2D eigenvalue weighted by Crippen LogP contribution is 2.20. The van der Waals surface area contributed by atoms with Gasteiger partial charge in [0, 0.05) is 0 Å². The van der Waals surface area contributed by atoms with Crippen molar-refractivity contribution in [1.29, 1.82) is 0 Å². The van der Waals surface area contributed by atoms with E-state index in [0.717, 1.165) is 17.4 Å². The fourth-order valence-corrected chi connectivity index (χ4v) is 1.52. The Labute approximate surface area is 84.1 Å². The van der Waals surface area contributed by atoms with Gasteiger partial charge in [-0.25, -0.2) is 0 Å². The summed E-state index contributed by atoms with van der Waals surface area (Å²) < 4.78 is 27.0. The quantitative estimate of drug-likeness (QED) is 0.718. The summed E-state index contributed by atoms with van der Waals surface area (Å²) in [6.07, 6.45) is 0.725. The Morgan fingerprint density at radius 3 is 2.64 bits per heavy atom. The molecule has 0 N–H and O–H groups in total. The van der Waals surface area contributed by atoms with E-state index < -0.39 is 10.1 Å². The molecule has 1 aromatic carbocycles. The highest BCUT2D eigenvalue weighted by atomic mass is 32.2. The van der Waals surface area contributed by atoms with Gasteiger partial charge in [0.15, 0.2) is 0 Å². The topological polar surface area (TPSA) is 43.4 Å². The third kappa shape index (κ3) is 2.60. The SMILES string of the molecule is C=CS(=O)(=O)Oc1ccccc1CC. The van der Waals surface area contributed by atoms with Crippen LogP contribution in [0.15, 0.2) is 36.3 Å². The van der Waals surface area contributed by atoms with Gasteiger partial charge in [-0.2, -0.15) is 8.42 Å². The fraction of sp³-hybridized carbons (Fsp3) is 0.200. The van der Waals surface area contributed by atoms with E-state index in [1.807, 2.05) is 19.1 Å². The van der Waals surface area contributed by atoms with Gasteiger partial charge >= 0.3 is 10.1 Å². The minimum Gasteiger partial charge on any atom is -0.379 e. The Morgan fingerprint density at radius 2 is 2.07 bits per heavy atom. The van der Waals surface area contributed by atoms with E-state index in [9.17, 15) is 8.42 Å². The second-order valence-electron chi connectivity index (χ2n) is 2.70. The molecule has 0 heterocycles. The molecule has 0 saturated carbocycles. The smallest absolute Gasteiger partial charge is 0.331 e. The van der Waals surface area contributed by atoms with Crippen molar-refractivity contribution in [2.24, 2.45) is 0 Å². The summed E-state index contributed by atoms with van der Waals surface area (Å²) in [5.41, 5.74) is 0.859. The maximum atomic E-state index is 11.1. The molecule has 14 heavy (non-hydrogen) atoms. The van der Waals surface area contributed by atoms with Gasteiger partial charge in [-0.05, 0) is 18.1 Å². The lowest BCUT2D eigenvalue weighted by molar-refractivity contribution is 0.494.